The van der Waals surface area contributed by atoms with E-state index in [9.17, 15) is 8.42 Å². The van der Waals surface area contributed by atoms with E-state index in [0.717, 1.165) is 16.5 Å². The molecule has 0 aliphatic heterocycles. The maximum Gasteiger partial charge on any atom is 0.191 e. The molecule has 22 heavy (non-hydrogen) atoms. The van der Waals surface area contributed by atoms with Crippen molar-refractivity contribution in [3.63, 3.8) is 0 Å². The molecule has 2 aromatic heterocycles. The van der Waals surface area contributed by atoms with Crippen molar-refractivity contribution in [1.82, 2.24) is 19.7 Å². The van der Waals surface area contributed by atoms with Crippen LogP contribution in [0, 0.1) is 0 Å². The Labute approximate surface area is 135 Å². The summed E-state index contributed by atoms with van der Waals surface area (Å²) in [6.45, 7) is 3.43. The SMILES string of the molecule is CC(C)S(=O)(=O)CCCSc1nnc(-c2cccnc2)n1C. The van der Waals surface area contributed by atoms with Crippen LogP contribution >= 0.6 is 11.8 Å². The summed E-state index contributed by atoms with van der Waals surface area (Å²) in [4.78, 5) is 4.08. The maximum atomic E-state index is 11.7. The summed E-state index contributed by atoms with van der Waals surface area (Å²) < 4.78 is 25.4. The minimum atomic E-state index is -2.96. The largest absolute Gasteiger partial charge is 0.305 e. The van der Waals surface area contributed by atoms with E-state index in [2.05, 4.69) is 15.2 Å². The first-order valence-electron chi connectivity index (χ1n) is 7.06. The van der Waals surface area contributed by atoms with E-state index in [1.165, 1.54) is 11.8 Å². The molecular formula is C14H20N4O2S2. The van der Waals surface area contributed by atoms with Crippen LogP contribution in [0.4, 0.5) is 0 Å². The van der Waals surface area contributed by atoms with Crippen LogP contribution in [0.3, 0.4) is 0 Å². The number of sulfone groups is 1. The lowest BCUT2D eigenvalue weighted by Gasteiger charge is -2.07. The molecule has 2 aromatic rings. The number of thioether (sulfide) groups is 1. The summed E-state index contributed by atoms with van der Waals surface area (Å²) in [6, 6.07) is 3.79. The minimum Gasteiger partial charge on any atom is -0.305 e. The second kappa shape index (κ2) is 7.23. The average molecular weight is 340 g/mol. The van der Waals surface area contributed by atoms with Crippen molar-refractivity contribution in [2.45, 2.75) is 30.7 Å². The Hall–Kier alpha value is -1.41. The van der Waals surface area contributed by atoms with E-state index in [0.29, 0.717) is 12.2 Å². The van der Waals surface area contributed by atoms with Gasteiger partial charge in [0.2, 0.25) is 0 Å². The number of rotatable bonds is 7. The molecule has 6 nitrogen and oxygen atoms in total. The molecule has 0 saturated carbocycles. The van der Waals surface area contributed by atoms with Gasteiger partial charge in [-0.05, 0) is 32.4 Å². The van der Waals surface area contributed by atoms with E-state index in [1.54, 1.807) is 26.2 Å². The first-order chi connectivity index (χ1) is 10.4. The van der Waals surface area contributed by atoms with Gasteiger partial charge in [-0.15, -0.1) is 10.2 Å². The molecule has 0 unspecified atom stereocenters. The molecule has 0 aliphatic rings. The van der Waals surface area contributed by atoms with Gasteiger partial charge in [-0.3, -0.25) is 4.98 Å². The van der Waals surface area contributed by atoms with Gasteiger partial charge < -0.3 is 4.57 Å². The molecule has 0 amide bonds. The van der Waals surface area contributed by atoms with Gasteiger partial charge in [0, 0.05) is 30.8 Å². The van der Waals surface area contributed by atoms with Crippen molar-refractivity contribution in [3.8, 4) is 11.4 Å². The van der Waals surface area contributed by atoms with E-state index < -0.39 is 9.84 Å². The van der Waals surface area contributed by atoms with Gasteiger partial charge in [0.15, 0.2) is 20.8 Å². The zero-order chi connectivity index (χ0) is 16.2. The predicted octanol–water partition coefficient (Wildman–Crippen LogP) is 2.18. The van der Waals surface area contributed by atoms with Crippen molar-refractivity contribution in [2.75, 3.05) is 11.5 Å². The van der Waals surface area contributed by atoms with Crippen molar-refractivity contribution in [1.29, 1.82) is 0 Å². The fourth-order valence-electron chi connectivity index (χ4n) is 1.85. The molecule has 2 rings (SSSR count). The Morgan fingerprint density at radius 3 is 2.73 bits per heavy atom. The number of nitrogens with zero attached hydrogens (tertiary/aromatic N) is 4. The Kier molecular flexibility index (Phi) is 5.57. The third-order valence-electron chi connectivity index (χ3n) is 3.28. The molecule has 8 heteroatoms. The molecule has 0 spiro atoms. The lowest BCUT2D eigenvalue weighted by molar-refractivity contribution is 0.586. The zero-order valence-corrected chi connectivity index (χ0v) is 14.6. The normalized spacial score (nSPS) is 12.0. The van der Waals surface area contributed by atoms with E-state index in [1.807, 2.05) is 23.7 Å². The van der Waals surface area contributed by atoms with Crippen molar-refractivity contribution < 1.29 is 8.42 Å². The fourth-order valence-corrected chi connectivity index (χ4v) is 3.90. The smallest absolute Gasteiger partial charge is 0.191 e. The summed E-state index contributed by atoms with van der Waals surface area (Å²) in [7, 11) is -1.07. The minimum absolute atomic E-state index is 0.213. The highest BCUT2D eigenvalue weighted by atomic mass is 32.2. The van der Waals surface area contributed by atoms with Gasteiger partial charge in [-0.2, -0.15) is 0 Å². The number of hydrogen-bond acceptors (Lipinski definition) is 6. The standard InChI is InChI=1S/C14H20N4O2S2/c1-11(2)22(19,20)9-5-8-21-14-17-16-13(18(14)3)12-6-4-7-15-10-12/h4,6-7,10-11H,5,8-9H2,1-3H3. The molecule has 2 heterocycles. The highest BCUT2D eigenvalue weighted by molar-refractivity contribution is 7.99. The van der Waals surface area contributed by atoms with Crippen molar-refractivity contribution >= 4 is 21.6 Å². The highest BCUT2D eigenvalue weighted by Gasteiger charge is 2.16. The zero-order valence-electron chi connectivity index (χ0n) is 12.9. The molecule has 0 fully saturated rings. The fraction of sp³-hybridized carbons (Fsp3) is 0.500. The molecule has 0 aliphatic carbocycles. The van der Waals surface area contributed by atoms with Crippen LogP contribution in [-0.4, -0.2) is 44.9 Å². The molecule has 0 atom stereocenters. The number of pyridine rings is 1. The summed E-state index contributed by atoms with van der Waals surface area (Å²) in [5.41, 5.74) is 0.909. The molecule has 120 valence electrons. The summed E-state index contributed by atoms with van der Waals surface area (Å²) in [5, 5.41) is 8.80. The Morgan fingerprint density at radius 2 is 2.09 bits per heavy atom. The van der Waals surface area contributed by atoms with Crippen LogP contribution < -0.4 is 0 Å². The first-order valence-corrected chi connectivity index (χ1v) is 9.76. The van der Waals surface area contributed by atoms with Gasteiger partial charge in [0.1, 0.15) is 0 Å². The Bertz CT molecular complexity index is 712. The Morgan fingerprint density at radius 1 is 1.32 bits per heavy atom. The van der Waals surface area contributed by atoms with Crippen molar-refractivity contribution in [2.24, 2.45) is 7.05 Å². The third kappa shape index (κ3) is 4.07. The van der Waals surface area contributed by atoms with Gasteiger partial charge in [0.05, 0.1) is 11.0 Å². The molecule has 0 aromatic carbocycles. The second-order valence-corrected chi connectivity index (χ2v) is 8.96. The Balaban J connectivity index is 1.94. The van der Waals surface area contributed by atoms with Crippen LogP contribution in [-0.2, 0) is 16.9 Å². The highest BCUT2D eigenvalue weighted by Crippen LogP contribution is 2.22. The predicted molar refractivity (Wildman–Crippen MR) is 88.5 cm³/mol. The molecule has 0 radical (unpaired) electrons. The van der Waals surface area contributed by atoms with Crippen LogP contribution in [0.5, 0.6) is 0 Å². The summed E-state index contributed by atoms with van der Waals surface area (Å²) >= 11 is 1.52. The van der Waals surface area contributed by atoms with Crippen LogP contribution in [0.1, 0.15) is 20.3 Å². The molecule has 0 saturated heterocycles. The van der Waals surface area contributed by atoms with E-state index in [4.69, 9.17) is 0 Å². The topological polar surface area (TPSA) is 77.7 Å². The lowest BCUT2D eigenvalue weighted by atomic mass is 10.3. The first kappa shape index (κ1) is 17.0. The van der Waals surface area contributed by atoms with Crippen molar-refractivity contribution in [3.05, 3.63) is 24.5 Å². The second-order valence-electron chi connectivity index (χ2n) is 5.22. The average Bonchev–Trinajstić information content (AvgIpc) is 2.85. The van der Waals surface area contributed by atoms with Gasteiger partial charge in [0.25, 0.3) is 0 Å². The molecule has 0 bridgehead atoms. The molecular weight excluding hydrogens is 320 g/mol. The maximum absolute atomic E-state index is 11.7. The third-order valence-corrected chi connectivity index (χ3v) is 6.68. The van der Waals surface area contributed by atoms with E-state index >= 15 is 0 Å². The lowest BCUT2D eigenvalue weighted by Crippen LogP contribution is -2.18. The van der Waals surface area contributed by atoms with E-state index in [-0.39, 0.29) is 11.0 Å². The van der Waals surface area contributed by atoms with Crippen LogP contribution in [0.15, 0.2) is 29.7 Å². The van der Waals surface area contributed by atoms with Gasteiger partial charge in [-0.25, -0.2) is 8.42 Å². The monoisotopic (exact) mass is 340 g/mol. The quantitative estimate of drug-likeness (QED) is 0.568. The number of aromatic nitrogens is 4. The summed E-state index contributed by atoms with van der Waals surface area (Å²) in [6.07, 6.45) is 4.07. The van der Waals surface area contributed by atoms with Gasteiger partial charge in [-0.1, -0.05) is 11.8 Å². The summed E-state index contributed by atoms with van der Waals surface area (Å²) in [5.74, 6) is 1.67. The molecule has 0 N–H and O–H groups in total. The van der Waals surface area contributed by atoms with Gasteiger partial charge >= 0.3 is 0 Å². The number of hydrogen-bond donors (Lipinski definition) is 0. The van der Waals surface area contributed by atoms with Crippen LogP contribution in [0.2, 0.25) is 0 Å². The van der Waals surface area contributed by atoms with Crippen LogP contribution in [0.25, 0.3) is 11.4 Å².